The van der Waals surface area contributed by atoms with Crippen LogP contribution >= 0.6 is 0 Å². The summed E-state index contributed by atoms with van der Waals surface area (Å²) in [5.41, 5.74) is 1.13. The molecule has 0 spiro atoms. The van der Waals surface area contributed by atoms with Crippen molar-refractivity contribution in [1.82, 2.24) is 10.3 Å². The second-order valence-electron chi connectivity index (χ2n) is 5.21. The molecule has 7 heteroatoms. The number of carbonyl (C=O) groups is 1. The highest BCUT2D eigenvalue weighted by Crippen LogP contribution is 2.19. The third-order valence-corrected chi connectivity index (χ3v) is 5.16. The van der Waals surface area contributed by atoms with Crippen molar-refractivity contribution in [3.8, 4) is 0 Å². The summed E-state index contributed by atoms with van der Waals surface area (Å²) in [5.74, 6) is -0.781. The second-order valence-corrected chi connectivity index (χ2v) is 7.56. The molecule has 1 amide bonds. The van der Waals surface area contributed by atoms with Gasteiger partial charge in [-0.1, -0.05) is 6.92 Å². The van der Waals surface area contributed by atoms with Gasteiger partial charge in [0.15, 0.2) is 9.84 Å². The van der Waals surface area contributed by atoms with Gasteiger partial charge in [0.2, 0.25) is 5.91 Å². The molecular weight excluding hydrogens is 292 g/mol. The van der Waals surface area contributed by atoms with Crippen LogP contribution in [0.3, 0.4) is 0 Å². The zero-order valence-electron chi connectivity index (χ0n) is 12.0. The van der Waals surface area contributed by atoms with Crippen LogP contribution in [0.2, 0.25) is 0 Å². The lowest BCUT2D eigenvalue weighted by atomic mass is 9.95. The number of hydrogen-bond donors (Lipinski definition) is 1. The first-order valence-corrected chi connectivity index (χ1v) is 8.78. The van der Waals surface area contributed by atoms with Crippen LogP contribution in [0.25, 0.3) is 0 Å². The van der Waals surface area contributed by atoms with Crippen LogP contribution in [-0.2, 0) is 25.8 Å². The lowest BCUT2D eigenvalue weighted by molar-refractivity contribution is -0.119. The van der Waals surface area contributed by atoms with Gasteiger partial charge in [-0.15, -0.1) is 0 Å². The third-order valence-electron chi connectivity index (χ3n) is 3.58. The number of pyridine rings is 1. The minimum Gasteiger partial charge on any atom is -0.379 e. The van der Waals surface area contributed by atoms with E-state index >= 15 is 0 Å². The van der Waals surface area contributed by atoms with Crippen LogP contribution in [-0.4, -0.2) is 50.1 Å². The smallest absolute Gasteiger partial charge is 0.235 e. The molecule has 0 aromatic carbocycles. The van der Waals surface area contributed by atoms with Gasteiger partial charge in [-0.2, -0.15) is 0 Å². The molecule has 1 N–H and O–H groups in total. The lowest BCUT2D eigenvalue weighted by Crippen LogP contribution is -2.43. The number of rotatable bonds is 6. The maximum Gasteiger partial charge on any atom is 0.235 e. The maximum absolute atomic E-state index is 11.8. The predicted octanol–water partition coefficient (Wildman–Crippen LogP) is 0.190. The Bertz CT molecular complexity index is 574. The SMILES string of the molecule is CCS(=O)(=O)CC(=O)N[C@H]1COC[C@H]1Cc1ccncc1. The van der Waals surface area contributed by atoms with E-state index in [0.29, 0.717) is 13.2 Å². The van der Waals surface area contributed by atoms with E-state index in [4.69, 9.17) is 4.74 Å². The predicted molar refractivity (Wildman–Crippen MR) is 78.5 cm³/mol. The summed E-state index contributed by atoms with van der Waals surface area (Å²) in [7, 11) is -3.30. The minimum atomic E-state index is -3.30. The first-order chi connectivity index (χ1) is 10.00. The largest absolute Gasteiger partial charge is 0.379 e. The van der Waals surface area contributed by atoms with Crippen molar-refractivity contribution in [2.45, 2.75) is 19.4 Å². The van der Waals surface area contributed by atoms with Crippen LogP contribution in [0.5, 0.6) is 0 Å². The van der Waals surface area contributed by atoms with Gasteiger partial charge in [-0.05, 0) is 24.1 Å². The Balaban J connectivity index is 1.92. The van der Waals surface area contributed by atoms with Gasteiger partial charge in [0.25, 0.3) is 0 Å². The summed E-state index contributed by atoms with van der Waals surface area (Å²) < 4.78 is 28.3. The number of nitrogens with zero attached hydrogens (tertiary/aromatic N) is 1. The van der Waals surface area contributed by atoms with Crippen molar-refractivity contribution in [1.29, 1.82) is 0 Å². The van der Waals surface area contributed by atoms with E-state index in [-0.39, 0.29) is 17.7 Å². The fraction of sp³-hybridized carbons (Fsp3) is 0.571. The first kappa shape index (κ1) is 15.9. The summed E-state index contributed by atoms with van der Waals surface area (Å²) in [6.07, 6.45) is 4.23. The molecule has 116 valence electrons. The van der Waals surface area contributed by atoms with E-state index in [1.165, 1.54) is 6.92 Å². The summed E-state index contributed by atoms with van der Waals surface area (Å²) in [6, 6.07) is 3.72. The number of sulfone groups is 1. The highest BCUT2D eigenvalue weighted by atomic mass is 32.2. The molecule has 2 heterocycles. The zero-order chi connectivity index (χ0) is 15.3. The molecule has 6 nitrogen and oxygen atoms in total. The van der Waals surface area contributed by atoms with Crippen molar-refractivity contribution < 1.29 is 17.9 Å². The Morgan fingerprint density at radius 1 is 1.38 bits per heavy atom. The van der Waals surface area contributed by atoms with Gasteiger partial charge in [0, 0.05) is 24.1 Å². The summed E-state index contributed by atoms with van der Waals surface area (Å²) in [5, 5.41) is 2.78. The van der Waals surface area contributed by atoms with E-state index in [9.17, 15) is 13.2 Å². The molecule has 1 aromatic rings. The number of nitrogens with one attached hydrogen (secondary N) is 1. The highest BCUT2D eigenvalue weighted by Gasteiger charge is 2.30. The molecular formula is C14H20N2O4S. The Labute approximate surface area is 124 Å². The van der Waals surface area contributed by atoms with Crippen molar-refractivity contribution in [2.75, 3.05) is 24.7 Å². The van der Waals surface area contributed by atoms with E-state index in [1.807, 2.05) is 12.1 Å². The molecule has 0 unspecified atom stereocenters. The molecule has 1 fully saturated rings. The molecule has 0 bridgehead atoms. The molecule has 2 atom stereocenters. The monoisotopic (exact) mass is 312 g/mol. The number of amides is 1. The molecule has 1 aromatic heterocycles. The summed E-state index contributed by atoms with van der Waals surface area (Å²) in [6.45, 7) is 2.52. The van der Waals surface area contributed by atoms with Crippen molar-refractivity contribution in [3.63, 3.8) is 0 Å². The summed E-state index contributed by atoms with van der Waals surface area (Å²) >= 11 is 0. The number of hydrogen-bond acceptors (Lipinski definition) is 5. The van der Waals surface area contributed by atoms with Crippen LogP contribution < -0.4 is 5.32 Å². The van der Waals surface area contributed by atoms with Gasteiger partial charge < -0.3 is 10.1 Å². The molecule has 0 radical (unpaired) electrons. The number of aromatic nitrogens is 1. The van der Waals surface area contributed by atoms with E-state index in [0.717, 1.165) is 12.0 Å². The molecule has 0 aliphatic carbocycles. The van der Waals surface area contributed by atoms with Crippen molar-refractivity contribution >= 4 is 15.7 Å². The number of carbonyl (C=O) groups excluding carboxylic acids is 1. The average molecular weight is 312 g/mol. The summed E-state index contributed by atoms with van der Waals surface area (Å²) in [4.78, 5) is 15.8. The minimum absolute atomic E-state index is 0.0258. The quantitative estimate of drug-likeness (QED) is 0.810. The molecule has 2 rings (SSSR count). The third kappa shape index (κ3) is 4.78. The van der Waals surface area contributed by atoms with Gasteiger partial charge in [0.05, 0.1) is 19.3 Å². The van der Waals surface area contributed by atoms with Gasteiger partial charge in [-0.25, -0.2) is 8.42 Å². The van der Waals surface area contributed by atoms with Gasteiger partial charge >= 0.3 is 0 Å². The van der Waals surface area contributed by atoms with Crippen LogP contribution in [0.4, 0.5) is 0 Å². The molecule has 1 aliphatic rings. The lowest BCUT2D eigenvalue weighted by Gasteiger charge is -2.19. The Kier molecular flexibility index (Phi) is 5.30. The fourth-order valence-corrected chi connectivity index (χ4v) is 3.02. The maximum atomic E-state index is 11.8. The molecule has 0 saturated carbocycles. The van der Waals surface area contributed by atoms with Crippen LogP contribution in [0, 0.1) is 5.92 Å². The zero-order valence-corrected chi connectivity index (χ0v) is 12.8. The van der Waals surface area contributed by atoms with E-state index in [2.05, 4.69) is 10.3 Å². The van der Waals surface area contributed by atoms with Crippen LogP contribution in [0.15, 0.2) is 24.5 Å². The van der Waals surface area contributed by atoms with Crippen LogP contribution in [0.1, 0.15) is 12.5 Å². The Hall–Kier alpha value is -1.47. The Morgan fingerprint density at radius 3 is 2.76 bits per heavy atom. The molecule has 21 heavy (non-hydrogen) atoms. The molecule has 1 saturated heterocycles. The van der Waals surface area contributed by atoms with Crippen molar-refractivity contribution in [3.05, 3.63) is 30.1 Å². The topological polar surface area (TPSA) is 85.4 Å². The van der Waals surface area contributed by atoms with E-state index in [1.54, 1.807) is 12.4 Å². The standard InChI is InChI=1S/C14H20N2O4S/c1-2-21(18,19)10-14(17)16-13-9-20-8-12(13)7-11-3-5-15-6-4-11/h3-6,12-13H,2,7-10H2,1H3,(H,16,17)/t12-,13+/m1/s1. The normalized spacial score (nSPS) is 22.1. The van der Waals surface area contributed by atoms with Crippen molar-refractivity contribution in [2.24, 2.45) is 5.92 Å². The first-order valence-electron chi connectivity index (χ1n) is 6.96. The average Bonchev–Trinajstić information content (AvgIpc) is 2.86. The van der Waals surface area contributed by atoms with Gasteiger partial charge in [-0.3, -0.25) is 9.78 Å². The number of ether oxygens (including phenoxy) is 1. The molecule has 1 aliphatic heterocycles. The second kappa shape index (κ2) is 7.00. The highest BCUT2D eigenvalue weighted by molar-refractivity contribution is 7.92. The fourth-order valence-electron chi connectivity index (χ4n) is 2.33. The van der Waals surface area contributed by atoms with Gasteiger partial charge in [0.1, 0.15) is 5.75 Å². The Morgan fingerprint density at radius 2 is 2.10 bits per heavy atom. The van der Waals surface area contributed by atoms with E-state index < -0.39 is 21.5 Å².